The van der Waals surface area contributed by atoms with Crippen molar-refractivity contribution < 1.29 is 9.18 Å². The van der Waals surface area contributed by atoms with Gasteiger partial charge in [0.1, 0.15) is 11.5 Å². The number of hydrogen-bond acceptors (Lipinski definition) is 4. The van der Waals surface area contributed by atoms with Gasteiger partial charge in [-0.3, -0.25) is 4.79 Å². The Morgan fingerprint density at radius 2 is 2.08 bits per heavy atom. The number of carbonyl (C=O) groups excluding carboxylic acids is 1. The van der Waals surface area contributed by atoms with Gasteiger partial charge >= 0.3 is 0 Å². The summed E-state index contributed by atoms with van der Waals surface area (Å²) in [7, 11) is 0. The van der Waals surface area contributed by atoms with Crippen LogP contribution in [0.3, 0.4) is 0 Å². The first-order valence-corrected chi connectivity index (χ1v) is 8.53. The van der Waals surface area contributed by atoms with Gasteiger partial charge in [-0.25, -0.2) is 14.4 Å². The summed E-state index contributed by atoms with van der Waals surface area (Å²) >= 11 is 0. The highest BCUT2D eigenvalue weighted by atomic mass is 19.1. The van der Waals surface area contributed by atoms with Gasteiger partial charge < -0.3 is 10.6 Å². The first kappa shape index (κ1) is 17.1. The van der Waals surface area contributed by atoms with Gasteiger partial charge in [0.25, 0.3) is 5.91 Å². The number of halogens is 1. The van der Waals surface area contributed by atoms with Gasteiger partial charge in [-0.2, -0.15) is 0 Å². The van der Waals surface area contributed by atoms with E-state index in [2.05, 4.69) is 26.7 Å². The summed E-state index contributed by atoms with van der Waals surface area (Å²) in [6.07, 6.45) is 9.38. The molecule has 0 aliphatic heterocycles. The summed E-state index contributed by atoms with van der Waals surface area (Å²) in [6, 6.07) is 7.79. The third kappa shape index (κ3) is 4.86. The maximum atomic E-state index is 13.7. The molecule has 1 aromatic heterocycles. The summed E-state index contributed by atoms with van der Waals surface area (Å²) in [5.74, 6) is -0.468. The predicted octanol–water partition coefficient (Wildman–Crippen LogP) is 3.98. The number of allylic oxidation sites excluding steroid dienone is 1. The van der Waals surface area contributed by atoms with Crippen molar-refractivity contribution >= 4 is 17.5 Å². The number of anilines is 2. The highest BCUT2D eigenvalue weighted by Gasteiger charge is 2.10. The van der Waals surface area contributed by atoms with E-state index in [-0.39, 0.29) is 23.2 Å². The van der Waals surface area contributed by atoms with Crippen molar-refractivity contribution in [2.45, 2.75) is 32.1 Å². The Bertz CT molecular complexity index is 776. The molecular weight excluding hydrogens is 319 g/mol. The fourth-order valence-corrected chi connectivity index (χ4v) is 2.79. The van der Waals surface area contributed by atoms with Gasteiger partial charge in [-0.1, -0.05) is 23.8 Å². The Hall–Kier alpha value is -2.76. The summed E-state index contributed by atoms with van der Waals surface area (Å²) < 4.78 is 13.7. The van der Waals surface area contributed by atoms with E-state index in [0.29, 0.717) is 6.54 Å². The predicted molar refractivity (Wildman–Crippen MR) is 95.2 cm³/mol. The van der Waals surface area contributed by atoms with Crippen molar-refractivity contribution in [2.24, 2.45) is 0 Å². The van der Waals surface area contributed by atoms with Crippen LogP contribution in [0, 0.1) is 5.82 Å². The van der Waals surface area contributed by atoms with Crippen LogP contribution in [0.15, 0.2) is 48.2 Å². The number of aromatic nitrogens is 2. The van der Waals surface area contributed by atoms with Gasteiger partial charge in [-0.05, 0) is 50.3 Å². The second kappa shape index (κ2) is 8.37. The quantitative estimate of drug-likeness (QED) is 0.781. The molecule has 1 aliphatic rings. The molecule has 0 bridgehead atoms. The third-order valence-corrected chi connectivity index (χ3v) is 4.13. The van der Waals surface area contributed by atoms with Crippen molar-refractivity contribution in [3.63, 3.8) is 0 Å². The Balaban J connectivity index is 1.57. The Kier molecular flexibility index (Phi) is 5.72. The molecule has 1 amide bonds. The minimum Gasteiger partial charge on any atom is -0.350 e. The SMILES string of the molecule is O=C(NCCC1=CCCCC1)c1ccnc(Nc2ccccc2F)n1. The van der Waals surface area contributed by atoms with Gasteiger partial charge in [0.2, 0.25) is 5.95 Å². The van der Waals surface area contributed by atoms with Crippen molar-refractivity contribution in [3.05, 3.63) is 59.7 Å². The van der Waals surface area contributed by atoms with Crippen LogP contribution in [-0.4, -0.2) is 22.4 Å². The Labute approximate surface area is 146 Å². The number of hydrogen-bond donors (Lipinski definition) is 2. The fourth-order valence-electron chi connectivity index (χ4n) is 2.79. The molecule has 0 atom stereocenters. The lowest BCUT2D eigenvalue weighted by Gasteiger charge is -2.13. The molecule has 0 saturated heterocycles. The third-order valence-electron chi connectivity index (χ3n) is 4.13. The molecule has 0 saturated carbocycles. The zero-order chi connectivity index (χ0) is 17.5. The zero-order valence-corrected chi connectivity index (χ0v) is 14.0. The van der Waals surface area contributed by atoms with E-state index in [0.717, 1.165) is 19.3 Å². The van der Waals surface area contributed by atoms with Crippen molar-refractivity contribution in [3.8, 4) is 0 Å². The molecule has 0 unspecified atom stereocenters. The van der Waals surface area contributed by atoms with Crippen LogP contribution in [0.1, 0.15) is 42.6 Å². The van der Waals surface area contributed by atoms with Gasteiger partial charge in [-0.15, -0.1) is 0 Å². The number of amides is 1. The Morgan fingerprint density at radius 1 is 1.20 bits per heavy atom. The van der Waals surface area contributed by atoms with Crippen LogP contribution < -0.4 is 10.6 Å². The highest BCUT2D eigenvalue weighted by Crippen LogP contribution is 2.19. The zero-order valence-electron chi connectivity index (χ0n) is 14.0. The number of nitrogens with zero attached hydrogens (tertiary/aromatic N) is 2. The largest absolute Gasteiger partial charge is 0.350 e. The molecule has 0 spiro atoms. The number of carbonyl (C=O) groups is 1. The number of benzene rings is 1. The van der Waals surface area contributed by atoms with E-state index in [1.165, 1.54) is 30.7 Å². The van der Waals surface area contributed by atoms with Crippen LogP contribution >= 0.6 is 0 Å². The van der Waals surface area contributed by atoms with Crippen LogP contribution in [0.4, 0.5) is 16.0 Å². The fraction of sp³-hybridized carbons (Fsp3) is 0.316. The normalized spacial score (nSPS) is 13.9. The first-order chi connectivity index (χ1) is 12.2. The van der Waals surface area contributed by atoms with Crippen molar-refractivity contribution in [2.75, 3.05) is 11.9 Å². The smallest absolute Gasteiger partial charge is 0.270 e. The summed E-state index contributed by atoms with van der Waals surface area (Å²) in [4.78, 5) is 20.4. The van der Waals surface area contributed by atoms with E-state index in [1.54, 1.807) is 24.3 Å². The van der Waals surface area contributed by atoms with E-state index >= 15 is 0 Å². The Morgan fingerprint density at radius 3 is 2.88 bits per heavy atom. The van der Waals surface area contributed by atoms with E-state index in [1.807, 2.05) is 0 Å². The van der Waals surface area contributed by atoms with Crippen molar-refractivity contribution in [1.29, 1.82) is 0 Å². The summed E-state index contributed by atoms with van der Waals surface area (Å²) in [5.41, 5.74) is 1.94. The molecule has 25 heavy (non-hydrogen) atoms. The molecule has 3 rings (SSSR count). The molecule has 0 radical (unpaired) electrons. The summed E-state index contributed by atoms with van der Waals surface area (Å²) in [6.45, 7) is 0.588. The molecule has 0 fully saturated rings. The lowest BCUT2D eigenvalue weighted by atomic mass is 9.97. The number of para-hydroxylation sites is 1. The molecule has 130 valence electrons. The van der Waals surface area contributed by atoms with Gasteiger partial charge in [0.05, 0.1) is 5.69 Å². The van der Waals surface area contributed by atoms with E-state index < -0.39 is 5.82 Å². The highest BCUT2D eigenvalue weighted by molar-refractivity contribution is 5.92. The summed E-state index contributed by atoms with van der Waals surface area (Å²) in [5, 5.41) is 5.67. The lowest BCUT2D eigenvalue weighted by molar-refractivity contribution is 0.0949. The lowest BCUT2D eigenvalue weighted by Crippen LogP contribution is -2.26. The maximum absolute atomic E-state index is 13.7. The maximum Gasteiger partial charge on any atom is 0.270 e. The molecule has 2 N–H and O–H groups in total. The average molecular weight is 340 g/mol. The number of rotatable bonds is 6. The minimum atomic E-state index is -0.401. The first-order valence-electron chi connectivity index (χ1n) is 8.53. The van der Waals surface area contributed by atoms with Crippen LogP contribution in [0.2, 0.25) is 0 Å². The minimum absolute atomic E-state index is 0.188. The van der Waals surface area contributed by atoms with Crippen LogP contribution in [0.5, 0.6) is 0 Å². The average Bonchev–Trinajstić information content (AvgIpc) is 2.65. The van der Waals surface area contributed by atoms with Crippen LogP contribution in [-0.2, 0) is 0 Å². The number of nitrogens with one attached hydrogen (secondary N) is 2. The molecule has 6 heteroatoms. The van der Waals surface area contributed by atoms with E-state index in [9.17, 15) is 9.18 Å². The molecule has 1 aliphatic carbocycles. The monoisotopic (exact) mass is 340 g/mol. The van der Waals surface area contributed by atoms with Crippen molar-refractivity contribution in [1.82, 2.24) is 15.3 Å². The molecule has 1 aromatic carbocycles. The molecule has 5 nitrogen and oxygen atoms in total. The van der Waals surface area contributed by atoms with Gasteiger partial charge in [0.15, 0.2) is 0 Å². The van der Waals surface area contributed by atoms with Crippen LogP contribution in [0.25, 0.3) is 0 Å². The molecule has 2 aromatic rings. The second-order valence-corrected chi connectivity index (χ2v) is 5.98. The standard InChI is InChI=1S/C19H21FN4O/c20-15-8-4-5-9-16(15)23-19-22-13-11-17(24-19)18(25)21-12-10-14-6-2-1-3-7-14/h4-6,8-9,11,13H,1-3,7,10,12H2,(H,21,25)(H,22,23,24). The topological polar surface area (TPSA) is 66.9 Å². The molecule has 1 heterocycles. The van der Waals surface area contributed by atoms with Gasteiger partial charge in [0, 0.05) is 12.7 Å². The molecular formula is C19H21FN4O. The second-order valence-electron chi connectivity index (χ2n) is 5.98. The van der Waals surface area contributed by atoms with E-state index in [4.69, 9.17) is 0 Å².